The lowest BCUT2D eigenvalue weighted by molar-refractivity contribution is -0.0958. The van der Waals surface area contributed by atoms with Gasteiger partial charge in [0, 0.05) is 5.41 Å². The van der Waals surface area contributed by atoms with Crippen LogP contribution in [-0.4, -0.2) is 0 Å². The number of fused-ring (bicyclic) bond motifs is 1. The van der Waals surface area contributed by atoms with Gasteiger partial charge in [0.2, 0.25) is 0 Å². The van der Waals surface area contributed by atoms with Gasteiger partial charge in [0.15, 0.2) is 0 Å². The first kappa shape index (κ1) is 11.0. The van der Waals surface area contributed by atoms with Crippen molar-refractivity contribution >= 4 is 0 Å². The van der Waals surface area contributed by atoms with E-state index in [0.717, 1.165) is 5.92 Å². The van der Waals surface area contributed by atoms with E-state index in [1.807, 2.05) is 0 Å². The van der Waals surface area contributed by atoms with Crippen LogP contribution < -0.4 is 0 Å². The number of hydrogen-bond acceptors (Lipinski definition) is 0. The summed E-state index contributed by atoms with van der Waals surface area (Å²) in [5, 5.41) is 0. The van der Waals surface area contributed by atoms with Crippen molar-refractivity contribution in [3.8, 4) is 0 Å². The Hall–Kier alpha value is -0.520. The SMILES string of the molecule is C=C[C@@]1(C)CC[C@@H]2C(C)(C)C[C@@]21C(=C)C. The van der Waals surface area contributed by atoms with Gasteiger partial charge in [0.25, 0.3) is 0 Å². The van der Waals surface area contributed by atoms with Gasteiger partial charge in [-0.2, -0.15) is 0 Å². The van der Waals surface area contributed by atoms with Crippen LogP contribution in [0.15, 0.2) is 24.8 Å². The normalized spacial score (nSPS) is 46.8. The third-order valence-corrected chi connectivity index (χ3v) is 5.46. The van der Waals surface area contributed by atoms with Crippen LogP contribution in [-0.2, 0) is 0 Å². The van der Waals surface area contributed by atoms with Gasteiger partial charge in [0.1, 0.15) is 0 Å². The lowest BCUT2D eigenvalue weighted by atomic mass is 9.41. The van der Waals surface area contributed by atoms with Crippen LogP contribution >= 0.6 is 0 Å². The Morgan fingerprint density at radius 1 is 1.33 bits per heavy atom. The molecule has 0 N–H and O–H groups in total. The van der Waals surface area contributed by atoms with Crippen LogP contribution in [0.4, 0.5) is 0 Å². The Kier molecular flexibility index (Phi) is 2.04. The van der Waals surface area contributed by atoms with E-state index < -0.39 is 0 Å². The van der Waals surface area contributed by atoms with Gasteiger partial charge in [-0.15, -0.1) is 6.58 Å². The highest BCUT2D eigenvalue weighted by molar-refractivity contribution is 5.31. The average Bonchev–Trinajstić information content (AvgIpc) is 2.38. The molecule has 0 saturated heterocycles. The maximum Gasteiger partial charge on any atom is 0.00330 e. The summed E-state index contributed by atoms with van der Waals surface area (Å²) in [6.45, 7) is 17.8. The Balaban J connectivity index is 2.46. The minimum atomic E-state index is 0.291. The van der Waals surface area contributed by atoms with Crippen LogP contribution in [0.2, 0.25) is 0 Å². The van der Waals surface area contributed by atoms with Gasteiger partial charge >= 0.3 is 0 Å². The quantitative estimate of drug-likeness (QED) is 0.577. The van der Waals surface area contributed by atoms with Crippen molar-refractivity contribution in [2.24, 2.45) is 22.2 Å². The fraction of sp³-hybridized carbons (Fsp3) is 0.733. The molecule has 0 aromatic heterocycles. The summed E-state index contributed by atoms with van der Waals surface area (Å²) in [4.78, 5) is 0. The van der Waals surface area contributed by atoms with Crippen molar-refractivity contribution in [2.75, 3.05) is 0 Å². The molecule has 0 amide bonds. The van der Waals surface area contributed by atoms with E-state index in [2.05, 4.69) is 46.9 Å². The highest BCUT2D eigenvalue weighted by atomic mass is 14.7. The van der Waals surface area contributed by atoms with Crippen LogP contribution in [0.5, 0.6) is 0 Å². The lowest BCUT2D eigenvalue weighted by Gasteiger charge is -2.63. The van der Waals surface area contributed by atoms with Crippen LogP contribution in [0.1, 0.15) is 47.0 Å². The largest absolute Gasteiger partial charge is 0.103 e. The zero-order chi connectivity index (χ0) is 11.5. The molecule has 0 aromatic rings. The molecular formula is C15H24. The van der Waals surface area contributed by atoms with Crippen molar-refractivity contribution in [2.45, 2.75) is 47.0 Å². The summed E-state index contributed by atoms with van der Waals surface area (Å²) >= 11 is 0. The zero-order valence-corrected chi connectivity index (χ0v) is 10.7. The second-order valence-electron chi connectivity index (χ2n) is 6.63. The Labute approximate surface area is 94.5 Å². The van der Waals surface area contributed by atoms with Crippen molar-refractivity contribution < 1.29 is 0 Å². The number of allylic oxidation sites excluding steroid dienone is 2. The maximum absolute atomic E-state index is 4.27. The summed E-state index contributed by atoms with van der Waals surface area (Å²) in [6.07, 6.45) is 6.12. The summed E-state index contributed by atoms with van der Waals surface area (Å²) < 4.78 is 0. The number of hydrogen-bond donors (Lipinski definition) is 0. The van der Waals surface area contributed by atoms with Gasteiger partial charge in [-0.05, 0) is 42.9 Å². The number of rotatable bonds is 2. The molecule has 0 aliphatic heterocycles. The summed E-state index contributed by atoms with van der Waals surface area (Å²) in [7, 11) is 0. The van der Waals surface area contributed by atoms with E-state index >= 15 is 0 Å². The smallest absolute Gasteiger partial charge is 0.00330 e. The lowest BCUT2D eigenvalue weighted by Crippen LogP contribution is -2.56. The molecular weight excluding hydrogens is 180 g/mol. The monoisotopic (exact) mass is 204 g/mol. The van der Waals surface area contributed by atoms with E-state index in [1.54, 1.807) is 0 Å². The van der Waals surface area contributed by atoms with Crippen molar-refractivity contribution in [3.63, 3.8) is 0 Å². The minimum Gasteiger partial charge on any atom is -0.103 e. The van der Waals surface area contributed by atoms with Gasteiger partial charge in [-0.1, -0.05) is 39.0 Å². The van der Waals surface area contributed by atoms with E-state index in [1.165, 1.54) is 24.8 Å². The van der Waals surface area contributed by atoms with Gasteiger partial charge in [0.05, 0.1) is 0 Å². The van der Waals surface area contributed by atoms with E-state index in [9.17, 15) is 0 Å². The first-order chi connectivity index (χ1) is 6.80. The molecule has 2 saturated carbocycles. The highest BCUT2D eigenvalue weighted by Crippen LogP contribution is 2.76. The van der Waals surface area contributed by atoms with E-state index in [-0.39, 0.29) is 0 Å². The molecule has 0 aromatic carbocycles. The summed E-state index contributed by atoms with van der Waals surface area (Å²) in [5.74, 6) is 0.825. The molecule has 2 rings (SSSR count). The highest BCUT2D eigenvalue weighted by Gasteiger charge is 2.68. The van der Waals surface area contributed by atoms with Gasteiger partial charge in [-0.3, -0.25) is 0 Å². The molecule has 0 spiro atoms. The van der Waals surface area contributed by atoms with Crippen LogP contribution in [0, 0.1) is 22.2 Å². The molecule has 0 radical (unpaired) electrons. The molecule has 0 bridgehead atoms. The molecule has 0 heteroatoms. The third kappa shape index (κ3) is 1.03. The van der Waals surface area contributed by atoms with Crippen LogP contribution in [0.25, 0.3) is 0 Å². The van der Waals surface area contributed by atoms with Crippen molar-refractivity contribution in [1.29, 1.82) is 0 Å². The topological polar surface area (TPSA) is 0 Å². The molecule has 0 heterocycles. The summed E-state index contributed by atoms with van der Waals surface area (Å²) in [6, 6.07) is 0. The molecule has 3 atom stereocenters. The molecule has 2 aliphatic carbocycles. The third-order valence-electron chi connectivity index (χ3n) is 5.46. The van der Waals surface area contributed by atoms with Gasteiger partial charge < -0.3 is 0 Å². The second-order valence-corrected chi connectivity index (χ2v) is 6.63. The first-order valence-corrected chi connectivity index (χ1v) is 6.10. The first-order valence-electron chi connectivity index (χ1n) is 6.10. The maximum atomic E-state index is 4.27. The molecule has 15 heavy (non-hydrogen) atoms. The predicted molar refractivity (Wildman–Crippen MR) is 66.7 cm³/mol. The molecule has 0 unspecified atom stereocenters. The Morgan fingerprint density at radius 2 is 1.93 bits per heavy atom. The fourth-order valence-electron chi connectivity index (χ4n) is 4.63. The second kappa shape index (κ2) is 2.78. The Bertz CT molecular complexity index is 323. The molecule has 2 fully saturated rings. The standard InChI is InChI=1S/C15H24/c1-7-14(6)9-8-12-13(4,5)10-15(12,14)11(2)3/h7,12H,1-2,8-10H2,3-6H3/t12-,14+,15-/m1/s1. The molecule has 0 nitrogen and oxygen atoms in total. The Morgan fingerprint density at radius 3 is 2.33 bits per heavy atom. The molecule has 84 valence electrons. The minimum absolute atomic E-state index is 0.291. The zero-order valence-electron chi connectivity index (χ0n) is 10.7. The van der Waals surface area contributed by atoms with E-state index in [0.29, 0.717) is 16.2 Å². The van der Waals surface area contributed by atoms with E-state index in [4.69, 9.17) is 0 Å². The predicted octanol–water partition coefficient (Wildman–Crippen LogP) is 4.58. The summed E-state index contributed by atoms with van der Waals surface area (Å²) in [5.41, 5.74) is 2.54. The van der Waals surface area contributed by atoms with Crippen molar-refractivity contribution in [3.05, 3.63) is 24.8 Å². The average molecular weight is 204 g/mol. The van der Waals surface area contributed by atoms with Crippen LogP contribution in [0.3, 0.4) is 0 Å². The molecule has 2 aliphatic rings. The van der Waals surface area contributed by atoms with Gasteiger partial charge in [-0.25, -0.2) is 0 Å². The van der Waals surface area contributed by atoms with Crippen molar-refractivity contribution in [1.82, 2.24) is 0 Å². The fourth-order valence-corrected chi connectivity index (χ4v) is 4.63.